The summed E-state index contributed by atoms with van der Waals surface area (Å²) < 4.78 is 6.07. The molecule has 0 fully saturated rings. The van der Waals surface area contributed by atoms with E-state index in [0.717, 1.165) is 12.2 Å². The molecule has 0 aromatic heterocycles. The van der Waals surface area contributed by atoms with Gasteiger partial charge >= 0.3 is 0 Å². The van der Waals surface area contributed by atoms with Crippen LogP contribution in [0.5, 0.6) is 5.75 Å². The lowest BCUT2D eigenvalue weighted by molar-refractivity contribution is 0.306. The van der Waals surface area contributed by atoms with Crippen LogP contribution in [0.3, 0.4) is 0 Å². The van der Waals surface area contributed by atoms with Gasteiger partial charge < -0.3 is 4.74 Å². The quantitative estimate of drug-likeness (QED) is 0.301. The fourth-order valence-electron chi connectivity index (χ4n) is 4.30. The molecule has 1 unspecified atom stereocenters. The number of hydrogen-bond acceptors (Lipinski definition) is 1. The van der Waals surface area contributed by atoms with E-state index in [1.54, 1.807) is 0 Å². The van der Waals surface area contributed by atoms with Gasteiger partial charge in [0.15, 0.2) is 0 Å². The summed E-state index contributed by atoms with van der Waals surface area (Å²) in [5.41, 5.74) is 7.73. The molecule has 0 saturated carbocycles. The number of hydrogen-bond donors (Lipinski definition) is 0. The van der Waals surface area contributed by atoms with E-state index in [1.165, 1.54) is 33.4 Å². The van der Waals surface area contributed by atoms with Crippen LogP contribution in [-0.2, 0) is 13.0 Å². The first kappa shape index (κ1) is 20.1. The first-order valence-electron chi connectivity index (χ1n) is 11.1. The number of allylic oxidation sites excluding steroid dienone is 3. The van der Waals surface area contributed by atoms with E-state index in [4.69, 9.17) is 4.74 Å². The van der Waals surface area contributed by atoms with E-state index in [0.29, 0.717) is 6.61 Å². The van der Waals surface area contributed by atoms with Gasteiger partial charge in [0.1, 0.15) is 12.4 Å². The van der Waals surface area contributed by atoms with Crippen molar-refractivity contribution < 1.29 is 4.74 Å². The zero-order valence-corrected chi connectivity index (χ0v) is 18.0. The van der Waals surface area contributed by atoms with Crippen molar-refractivity contribution in [3.05, 3.63) is 149 Å². The van der Waals surface area contributed by atoms with E-state index in [1.807, 2.05) is 18.2 Å². The van der Waals surface area contributed by atoms with Crippen LogP contribution >= 0.6 is 0 Å². The molecule has 1 aliphatic rings. The smallest absolute Gasteiger partial charge is 0.120 e. The van der Waals surface area contributed by atoms with Crippen molar-refractivity contribution >= 4 is 11.6 Å². The fraction of sp³-hybridized carbons (Fsp3) is 0.0968. The first-order valence-corrected chi connectivity index (χ1v) is 11.1. The topological polar surface area (TPSA) is 9.23 Å². The van der Waals surface area contributed by atoms with Crippen LogP contribution in [0.2, 0.25) is 0 Å². The molecule has 4 aromatic carbocycles. The highest BCUT2D eigenvalue weighted by molar-refractivity contribution is 5.80. The molecule has 4 aromatic rings. The summed E-state index contributed by atoms with van der Waals surface area (Å²) in [6, 6.07) is 38.1. The van der Waals surface area contributed by atoms with Crippen LogP contribution in [0.1, 0.15) is 33.7 Å². The second kappa shape index (κ2) is 9.53. The zero-order chi connectivity index (χ0) is 21.6. The largest absolute Gasteiger partial charge is 0.489 e. The van der Waals surface area contributed by atoms with Gasteiger partial charge in [-0.25, -0.2) is 0 Å². The van der Waals surface area contributed by atoms with Crippen molar-refractivity contribution in [3.63, 3.8) is 0 Å². The minimum atomic E-state index is 0.216. The lowest BCUT2D eigenvalue weighted by Crippen LogP contribution is -1.99. The highest BCUT2D eigenvalue weighted by Gasteiger charge is 2.22. The van der Waals surface area contributed by atoms with Gasteiger partial charge in [-0.2, -0.15) is 0 Å². The summed E-state index contributed by atoms with van der Waals surface area (Å²) in [5, 5.41) is 0. The van der Waals surface area contributed by atoms with Gasteiger partial charge in [0.25, 0.3) is 0 Å². The second-order valence-corrected chi connectivity index (χ2v) is 8.11. The molecular formula is C31H26O. The van der Waals surface area contributed by atoms with Gasteiger partial charge in [0, 0.05) is 5.92 Å². The molecule has 0 heterocycles. The Kier molecular flexibility index (Phi) is 5.98. The molecule has 0 aliphatic heterocycles. The Labute approximate surface area is 190 Å². The van der Waals surface area contributed by atoms with Crippen molar-refractivity contribution in [1.29, 1.82) is 0 Å². The predicted molar refractivity (Wildman–Crippen MR) is 134 cm³/mol. The highest BCUT2D eigenvalue weighted by atomic mass is 16.5. The molecule has 5 rings (SSSR count). The lowest BCUT2D eigenvalue weighted by atomic mass is 9.87. The van der Waals surface area contributed by atoms with Crippen LogP contribution in [0.4, 0.5) is 0 Å². The average Bonchev–Trinajstić information content (AvgIpc) is 3.28. The normalized spacial score (nSPS) is 13.6. The molecule has 0 saturated heterocycles. The summed E-state index contributed by atoms with van der Waals surface area (Å²) >= 11 is 0. The van der Waals surface area contributed by atoms with Crippen molar-refractivity contribution in [3.8, 4) is 5.75 Å². The predicted octanol–water partition coefficient (Wildman–Crippen LogP) is 7.70. The average molecular weight is 415 g/mol. The molecule has 1 heteroatoms. The Hall–Kier alpha value is -3.84. The number of fused-ring (bicyclic) bond motifs is 1. The minimum absolute atomic E-state index is 0.216. The molecule has 0 amide bonds. The van der Waals surface area contributed by atoms with Gasteiger partial charge in [0.05, 0.1) is 0 Å². The Morgan fingerprint density at radius 2 is 1.44 bits per heavy atom. The highest BCUT2D eigenvalue weighted by Crippen LogP contribution is 2.40. The summed E-state index contributed by atoms with van der Waals surface area (Å²) in [5.74, 6) is 1.15. The SMILES string of the molecule is C1=C(C(/C=C/c2ccccc2)c2ccccc2)c2ccc(OCc3ccccc3)cc2C1. The molecule has 1 nitrogen and oxygen atoms in total. The molecule has 32 heavy (non-hydrogen) atoms. The molecule has 0 bridgehead atoms. The Balaban J connectivity index is 1.40. The van der Waals surface area contributed by atoms with Gasteiger partial charge in [-0.15, -0.1) is 0 Å². The molecule has 1 aliphatic carbocycles. The Morgan fingerprint density at radius 1 is 0.750 bits per heavy atom. The third kappa shape index (κ3) is 4.58. The van der Waals surface area contributed by atoms with Crippen molar-refractivity contribution in [2.24, 2.45) is 0 Å². The van der Waals surface area contributed by atoms with Crippen LogP contribution in [-0.4, -0.2) is 0 Å². The molecule has 1 atom stereocenters. The van der Waals surface area contributed by atoms with E-state index in [-0.39, 0.29) is 5.92 Å². The summed E-state index contributed by atoms with van der Waals surface area (Å²) in [7, 11) is 0. The van der Waals surface area contributed by atoms with Gasteiger partial charge in [-0.3, -0.25) is 0 Å². The van der Waals surface area contributed by atoms with Crippen molar-refractivity contribution in [2.45, 2.75) is 18.9 Å². The zero-order valence-electron chi connectivity index (χ0n) is 18.0. The van der Waals surface area contributed by atoms with Gasteiger partial charge in [-0.05, 0) is 51.9 Å². The van der Waals surface area contributed by atoms with Crippen molar-refractivity contribution in [1.82, 2.24) is 0 Å². The molecule has 0 N–H and O–H groups in total. The lowest BCUT2D eigenvalue weighted by Gasteiger charge is -2.17. The molecule has 0 radical (unpaired) electrons. The van der Waals surface area contributed by atoms with E-state index in [9.17, 15) is 0 Å². The minimum Gasteiger partial charge on any atom is -0.489 e. The number of benzene rings is 4. The van der Waals surface area contributed by atoms with E-state index < -0.39 is 0 Å². The summed E-state index contributed by atoms with van der Waals surface area (Å²) in [6.45, 7) is 0.590. The van der Waals surface area contributed by atoms with E-state index >= 15 is 0 Å². The first-order chi connectivity index (χ1) is 15.9. The van der Waals surface area contributed by atoms with Crippen molar-refractivity contribution in [2.75, 3.05) is 0 Å². The molecule has 0 spiro atoms. The molecular weight excluding hydrogens is 388 g/mol. The van der Waals surface area contributed by atoms with Crippen LogP contribution < -0.4 is 4.74 Å². The van der Waals surface area contributed by atoms with Gasteiger partial charge in [0.2, 0.25) is 0 Å². The maximum absolute atomic E-state index is 6.07. The monoisotopic (exact) mass is 414 g/mol. The van der Waals surface area contributed by atoms with Crippen LogP contribution in [0.15, 0.2) is 121 Å². The maximum Gasteiger partial charge on any atom is 0.120 e. The standard InChI is InChI=1S/C31H26O/c1-4-10-24(11-5-1)16-19-29(26-14-8-3-9-15-26)31-20-17-27-22-28(18-21-30(27)31)32-23-25-12-6-2-7-13-25/h1-16,18-22,29H,17,23H2/b19-16+. The molecule has 156 valence electrons. The second-order valence-electron chi connectivity index (χ2n) is 8.11. The third-order valence-corrected chi connectivity index (χ3v) is 5.95. The summed E-state index contributed by atoms with van der Waals surface area (Å²) in [6.07, 6.45) is 7.87. The Bertz CT molecular complexity index is 1220. The summed E-state index contributed by atoms with van der Waals surface area (Å²) in [4.78, 5) is 0. The van der Waals surface area contributed by atoms with Crippen LogP contribution in [0.25, 0.3) is 11.6 Å². The third-order valence-electron chi connectivity index (χ3n) is 5.95. The Morgan fingerprint density at radius 3 is 2.19 bits per heavy atom. The van der Waals surface area contributed by atoms with E-state index in [2.05, 4.69) is 109 Å². The van der Waals surface area contributed by atoms with Gasteiger partial charge in [-0.1, -0.05) is 115 Å². The number of ether oxygens (including phenoxy) is 1. The fourth-order valence-corrected chi connectivity index (χ4v) is 4.30. The van der Waals surface area contributed by atoms with Crippen LogP contribution in [0, 0.1) is 0 Å². The number of rotatable bonds is 7. The maximum atomic E-state index is 6.07.